The van der Waals surface area contributed by atoms with Gasteiger partial charge in [0.25, 0.3) is 0 Å². The summed E-state index contributed by atoms with van der Waals surface area (Å²) in [5.74, 6) is -0.483. The molecule has 0 aliphatic heterocycles. The normalized spacial score (nSPS) is 20.8. The van der Waals surface area contributed by atoms with Crippen LogP contribution >= 0.6 is 0 Å². The van der Waals surface area contributed by atoms with Gasteiger partial charge in [-0.25, -0.2) is 4.68 Å². The van der Waals surface area contributed by atoms with Gasteiger partial charge in [-0.2, -0.15) is 0 Å². The van der Waals surface area contributed by atoms with Gasteiger partial charge >= 0.3 is 5.97 Å². The van der Waals surface area contributed by atoms with Crippen molar-refractivity contribution in [2.24, 2.45) is 13.0 Å². The van der Waals surface area contributed by atoms with Crippen molar-refractivity contribution >= 4 is 5.97 Å². The Balaban J connectivity index is 1.69. The SMILES string of the molecule is Cn1nnc(-c2ccc(O[C@H]3CCC[C@H](C(=O)O)C3)cn2)c1CO. The van der Waals surface area contributed by atoms with Crippen LogP contribution in [0.2, 0.25) is 0 Å². The second-order valence-electron chi connectivity index (χ2n) is 5.99. The third-order valence-corrected chi connectivity index (χ3v) is 4.35. The highest BCUT2D eigenvalue weighted by Crippen LogP contribution is 2.28. The van der Waals surface area contributed by atoms with Crippen molar-refractivity contribution in [3.8, 4) is 17.1 Å². The number of carboxylic acids is 1. The smallest absolute Gasteiger partial charge is 0.306 e. The van der Waals surface area contributed by atoms with Gasteiger partial charge in [0.2, 0.25) is 0 Å². The lowest BCUT2D eigenvalue weighted by Gasteiger charge is -2.27. The van der Waals surface area contributed by atoms with Gasteiger partial charge in [0, 0.05) is 7.05 Å². The zero-order valence-corrected chi connectivity index (χ0v) is 13.4. The number of ether oxygens (including phenoxy) is 1. The molecule has 1 aliphatic rings. The molecule has 1 fully saturated rings. The largest absolute Gasteiger partial charge is 0.489 e. The second-order valence-corrected chi connectivity index (χ2v) is 5.99. The highest BCUT2D eigenvalue weighted by molar-refractivity contribution is 5.70. The maximum absolute atomic E-state index is 11.1. The number of rotatable bonds is 5. The molecule has 3 rings (SSSR count). The molecule has 2 aromatic heterocycles. The van der Waals surface area contributed by atoms with Gasteiger partial charge in [-0.1, -0.05) is 5.21 Å². The van der Waals surface area contributed by atoms with Gasteiger partial charge in [0.15, 0.2) is 0 Å². The van der Waals surface area contributed by atoms with Crippen molar-refractivity contribution in [1.82, 2.24) is 20.0 Å². The summed E-state index contributed by atoms with van der Waals surface area (Å²) >= 11 is 0. The Bertz CT molecular complexity index is 713. The van der Waals surface area contributed by atoms with E-state index in [2.05, 4.69) is 15.3 Å². The molecule has 2 N–H and O–H groups in total. The number of aryl methyl sites for hydroxylation is 1. The van der Waals surface area contributed by atoms with Crippen molar-refractivity contribution in [2.75, 3.05) is 0 Å². The molecule has 8 heteroatoms. The fraction of sp³-hybridized carbons (Fsp3) is 0.500. The quantitative estimate of drug-likeness (QED) is 0.851. The number of aromatic nitrogens is 4. The molecule has 0 saturated heterocycles. The predicted octanol–water partition coefficient (Wildman–Crippen LogP) is 1.39. The van der Waals surface area contributed by atoms with Crippen LogP contribution in [-0.2, 0) is 18.4 Å². The average molecular weight is 332 g/mol. The summed E-state index contributed by atoms with van der Waals surface area (Å²) in [7, 11) is 1.71. The van der Waals surface area contributed by atoms with E-state index < -0.39 is 5.97 Å². The molecule has 1 saturated carbocycles. The Hall–Kier alpha value is -2.48. The van der Waals surface area contributed by atoms with E-state index in [1.807, 2.05) is 0 Å². The van der Waals surface area contributed by atoms with Gasteiger partial charge in [-0.3, -0.25) is 9.78 Å². The minimum absolute atomic E-state index is 0.1000. The first kappa shape index (κ1) is 16.4. The number of hydrogen-bond acceptors (Lipinski definition) is 6. The molecule has 2 atom stereocenters. The fourth-order valence-electron chi connectivity index (χ4n) is 3.01. The molecule has 0 spiro atoms. The third kappa shape index (κ3) is 3.38. The lowest BCUT2D eigenvalue weighted by molar-refractivity contribution is -0.143. The molecule has 2 aromatic rings. The Morgan fingerprint density at radius 2 is 2.25 bits per heavy atom. The van der Waals surface area contributed by atoms with E-state index in [9.17, 15) is 9.90 Å². The predicted molar refractivity (Wildman–Crippen MR) is 84.2 cm³/mol. The molecular weight excluding hydrogens is 312 g/mol. The van der Waals surface area contributed by atoms with Crippen LogP contribution in [0.4, 0.5) is 0 Å². The lowest BCUT2D eigenvalue weighted by atomic mass is 9.87. The molecule has 8 nitrogen and oxygen atoms in total. The van der Waals surface area contributed by atoms with Gasteiger partial charge in [0.1, 0.15) is 11.4 Å². The highest BCUT2D eigenvalue weighted by Gasteiger charge is 2.28. The van der Waals surface area contributed by atoms with Crippen LogP contribution in [0.25, 0.3) is 11.4 Å². The minimum atomic E-state index is -0.754. The summed E-state index contributed by atoms with van der Waals surface area (Å²) in [5, 5.41) is 26.4. The monoisotopic (exact) mass is 332 g/mol. The third-order valence-electron chi connectivity index (χ3n) is 4.35. The van der Waals surface area contributed by atoms with Gasteiger partial charge in [0.05, 0.1) is 36.2 Å². The molecule has 0 radical (unpaired) electrons. The molecule has 1 aliphatic carbocycles. The van der Waals surface area contributed by atoms with Crippen LogP contribution in [0, 0.1) is 5.92 Å². The zero-order chi connectivity index (χ0) is 17.1. The van der Waals surface area contributed by atoms with Gasteiger partial charge < -0.3 is 14.9 Å². The lowest BCUT2D eigenvalue weighted by Crippen LogP contribution is -2.29. The van der Waals surface area contributed by atoms with E-state index in [0.29, 0.717) is 35.7 Å². The van der Waals surface area contributed by atoms with Crippen LogP contribution in [0.5, 0.6) is 5.75 Å². The summed E-state index contributed by atoms with van der Waals surface area (Å²) in [6, 6.07) is 3.54. The molecule has 0 unspecified atom stereocenters. The Kier molecular flexibility index (Phi) is 4.75. The number of carbonyl (C=O) groups is 1. The Morgan fingerprint density at radius 1 is 1.42 bits per heavy atom. The maximum Gasteiger partial charge on any atom is 0.306 e. The Morgan fingerprint density at radius 3 is 2.92 bits per heavy atom. The summed E-state index contributed by atoms with van der Waals surface area (Å²) < 4.78 is 7.38. The van der Waals surface area contributed by atoms with E-state index in [1.165, 1.54) is 4.68 Å². The van der Waals surface area contributed by atoms with E-state index in [0.717, 1.165) is 12.8 Å². The van der Waals surface area contributed by atoms with E-state index in [-0.39, 0.29) is 18.6 Å². The van der Waals surface area contributed by atoms with Crippen molar-refractivity contribution in [2.45, 2.75) is 38.4 Å². The first-order valence-electron chi connectivity index (χ1n) is 7.93. The maximum atomic E-state index is 11.1. The topological polar surface area (TPSA) is 110 Å². The van der Waals surface area contributed by atoms with Crippen molar-refractivity contribution in [3.05, 3.63) is 24.0 Å². The van der Waals surface area contributed by atoms with Crippen LogP contribution in [-0.4, -0.2) is 42.3 Å². The van der Waals surface area contributed by atoms with Crippen LogP contribution in [0.15, 0.2) is 18.3 Å². The molecule has 24 heavy (non-hydrogen) atoms. The highest BCUT2D eigenvalue weighted by atomic mass is 16.5. The number of nitrogens with zero attached hydrogens (tertiary/aromatic N) is 4. The number of aliphatic carboxylic acids is 1. The number of pyridine rings is 1. The summed E-state index contributed by atoms with van der Waals surface area (Å²) in [5.41, 5.74) is 1.73. The summed E-state index contributed by atoms with van der Waals surface area (Å²) in [4.78, 5) is 15.4. The number of carboxylic acid groups (broad SMARTS) is 1. The first-order valence-corrected chi connectivity index (χ1v) is 7.93. The summed E-state index contributed by atoms with van der Waals surface area (Å²) in [6.07, 6.45) is 4.43. The fourth-order valence-corrected chi connectivity index (χ4v) is 3.01. The van der Waals surface area contributed by atoms with E-state index >= 15 is 0 Å². The van der Waals surface area contributed by atoms with E-state index in [1.54, 1.807) is 25.4 Å². The molecule has 0 aromatic carbocycles. The van der Waals surface area contributed by atoms with Crippen LogP contribution in [0.3, 0.4) is 0 Å². The number of aliphatic hydroxyl groups excluding tert-OH is 1. The van der Waals surface area contributed by atoms with Gasteiger partial charge in [-0.15, -0.1) is 5.10 Å². The zero-order valence-electron chi connectivity index (χ0n) is 13.4. The number of hydrogen-bond donors (Lipinski definition) is 2. The van der Waals surface area contributed by atoms with Crippen LogP contribution < -0.4 is 4.74 Å². The van der Waals surface area contributed by atoms with E-state index in [4.69, 9.17) is 9.84 Å². The molecule has 128 valence electrons. The van der Waals surface area contributed by atoms with Crippen molar-refractivity contribution in [1.29, 1.82) is 0 Å². The molecular formula is C16H20N4O4. The van der Waals surface area contributed by atoms with Crippen molar-refractivity contribution < 1.29 is 19.7 Å². The molecule has 0 bridgehead atoms. The molecule has 2 heterocycles. The first-order chi connectivity index (χ1) is 11.6. The second kappa shape index (κ2) is 6.96. The Labute approximate surface area is 139 Å². The number of aliphatic hydroxyl groups is 1. The van der Waals surface area contributed by atoms with Crippen LogP contribution in [0.1, 0.15) is 31.4 Å². The minimum Gasteiger partial charge on any atom is -0.489 e. The molecule has 0 amide bonds. The van der Waals surface area contributed by atoms with Crippen molar-refractivity contribution in [3.63, 3.8) is 0 Å². The average Bonchev–Trinajstić information content (AvgIpc) is 2.96. The van der Waals surface area contributed by atoms with Gasteiger partial charge in [-0.05, 0) is 37.8 Å². The standard InChI is InChI=1S/C16H20N4O4/c1-20-14(9-21)15(18-19-20)13-6-5-12(8-17-13)24-11-4-2-3-10(7-11)16(22)23/h5-6,8,10-11,21H,2-4,7,9H2,1H3,(H,22,23)/t10-,11-/m0/s1. The summed E-state index contributed by atoms with van der Waals surface area (Å²) in [6.45, 7) is -0.169.